The Morgan fingerprint density at radius 1 is 1.25 bits per heavy atom. The number of hydrogen-bond donors (Lipinski definition) is 0. The van der Waals surface area contributed by atoms with Crippen LogP contribution in [0.25, 0.3) is 5.69 Å². The minimum absolute atomic E-state index is 0.0733. The molecular weight excluding hydrogens is 270 g/mol. The zero-order valence-corrected chi connectivity index (χ0v) is 10.7. The number of hydrogen-bond acceptors (Lipinski definition) is 2. The quantitative estimate of drug-likeness (QED) is 0.848. The summed E-state index contributed by atoms with van der Waals surface area (Å²) in [6.45, 7) is 3.86. The molecule has 2 rings (SSSR count). The first-order valence-corrected chi connectivity index (χ1v) is 5.81. The molecule has 4 nitrogen and oxygen atoms in total. The molecule has 0 fully saturated rings. The van der Waals surface area contributed by atoms with Gasteiger partial charge in [-0.15, -0.1) is 0 Å². The van der Waals surface area contributed by atoms with E-state index in [2.05, 4.69) is 21.0 Å². The van der Waals surface area contributed by atoms with Gasteiger partial charge in [-0.2, -0.15) is 5.10 Å². The molecule has 0 bridgehead atoms. The number of rotatable bonds is 2. The Labute approximate surface area is 102 Å². The van der Waals surface area contributed by atoms with Gasteiger partial charge in [0.2, 0.25) is 0 Å². The first-order chi connectivity index (χ1) is 7.59. The average molecular weight is 282 g/mol. The van der Waals surface area contributed by atoms with Crippen LogP contribution in [0.4, 0.5) is 0 Å². The third-order valence-corrected chi connectivity index (χ3v) is 2.82. The molecule has 0 aliphatic heterocycles. The van der Waals surface area contributed by atoms with Crippen molar-refractivity contribution in [3.05, 3.63) is 45.5 Å². The Kier molecular flexibility index (Phi) is 2.96. The van der Waals surface area contributed by atoms with Crippen molar-refractivity contribution in [2.75, 3.05) is 0 Å². The highest BCUT2D eigenvalue weighted by Gasteiger charge is 2.08. The molecule has 1 heterocycles. The number of nitrogens with zero attached hydrogens (tertiary/aromatic N) is 3. The highest BCUT2D eigenvalue weighted by molar-refractivity contribution is 9.10. The average Bonchev–Trinajstić information content (AvgIpc) is 2.61. The molecule has 0 radical (unpaired) electrons. The van der Waals surface area contributed by atoms with Gasteiger partial charge in [0.15, 0.2) is 0 Å². The van der Waals surface area contributed by atoms with E-state index < -0.39 is 0 Å². The maximum Gasteiger partial charge on any atom is 0.350 e. The van der Waals surface area contributed by atoms with Gasteiger partial charge in [0.1, 0.15) is 6.33 Å². The minimum Gasteiger partial charge on any atom is -0.250 e. The van der Waals surface area contributed by atoms with E-state index in [4.69, 9.17) is 0 Å². The summed E-state index contributed by atoms with van der Waals surface area (Å²) >= 11 is 3.36. The Morgan fingerprint density at radius 2 is 1.88 bits per heavy atom. The molecular formula is C11H12BrN3O. The van der Waals surface area contributed by atoms with Gasteiger partial charge < -0.3 is 0 Å². The summed E-state index contributed by atoms with van der Waals surface area (Å²) in [5.41, 5.74) is 0.706. The van der Waals surface area contributed by atoms with Crippen LogP contribution in [-0.2, 0) is 0 Å². The van der Waals surface area contributed by atoms with Gasteiger partial charge in [-0.05, 0) is 38.1 Å². The molecule has 0 unspecified atom stereocenters. The SMILES string of the molecule is CC(C)n1ncn(-c2ccc(Br)cc2)c1=O. The van der Waals surface area contributed by atoms with Crippen LogP contribution in [0.2, 0.25) is 0 Å². The summed E-state index contributed by atoms with van der Waals surface area (Å²) in [6.07, 6.45) is 1.55. The van der Waals surface area contributed by atoms with Crippen molar-refractivity contribution in [3.8, 4) is 5.69 Å². The van der Waals surface area contributed by atoms with E-state index in [0.29, 0.717) is 0 Å². The van der Waals surface area contributed by atoms with Crippen molar-refractivity contribution < 1.29 is 0 Å². The Morgan fingerprint density at radius 3 is 2.38 bits per heavy atom. The first kappa shape index (κ1) is 11.1. The molecule has 1 aromatic carbocycles. The second kappa shape index (κ2) is 4.25. The van der Waals surface area contributed by atoms with Crippen molar-refractivity contribution >= 4 is 15.9 Å². The highest BCUT2D eigenvalue weighted by Crippen LogP contribution is 2.12. The molecule has 0 aliphatic carbocycles. The van der Waals surface area contributed by atoms with Gasteiger partial charge in [-0.1, -0.05) is 15.9 Å². The summed E-state index contributed by atoms with van der Waals surface area (Å²) < 4.78 is 3.98. The number of aromatic nitrogens is 3. The second-order valence-electron chi connectivity index (χ2n) is 3.80. The maximum absolute atomic E-state index is 11.9. The van der Waals surface area contributed by atoms with Crippen LogP contribution >= 0.6 is 15.9 Å². The fraction of sp³-hybridized carbons (Fsp3) is 0.273. The van der Waals surface area contributed by atoms with Gasteiger partial charge in [-0.3, -0.25) is 0 Å². The van der Waals surface area contributed by atoms with Crippen LogP contribution in [0.3, 0.4) is 0 Å². The van der Waals surface area contributed by atoms with Crippen molar-refractivity contribution in [1.29, 1.82) is 0 Å². The van der Waals surface area contributed by atoms with Gasteiger partial charge in [-0.25, -0.2) is 14.0 Å². The van der Waals surface area contributed by atoms with E-state index in [1.165, 1.54) is 9.25 Å². The van der Waals surface area contributed by atoms with Gasteiger partial charge >= 0.3 is 5.69 Å². The molecule has 0 atom stereocenters. The standard InChI is InChI=1S/C11H12BrN3O/c1-8(2)15-11(16)14(7-13-15)10-5-3-9(12)4-6-10/h3-8H,1-2H3. The summed E-state index contributed by atoms with van der Waals surface area (Å²) in [5.74, 6) is 0. The largest absolute Gasteiger partial charge is 0.350 e. The molecule has 5 heteroatoms. The monoisotopic (exact) mass is 281 g/mol. The molecule has 0 saturated heterocycles. The van der Waals surface area contributed by atoms with Crippen molar-refractivity contribution in [1.82, 2.24) is 14.3 Å². The van der Waals surface area contributed by atoms with E-state index in [-0.39, 0.29) is 11.7 Å². The van der Waals surface area contributed by atoms with E-state index >= 15 is 0 Å². The van der Waals surface area contributed by atoms with E-state index in [0.717, 1.165) is 10.2 Å². The molecule has 1 aromatic heterocycles. The van der Waals surface area contributed by atoms with E-state index in [1.54, 1.807) is 6.33 Å². The Hall–Kier alpha value is -1.36. The molecule has 16 heavy (non-hydrogen) atoms. The molecule has 0 aliphatic rings. The third kappa shape index (κ3) is 1.95. The summed E-state index contributed by atoms with van der Waals surface area (Å²) in [7, 11) is 0. The number of benzene rings is 1. The molecule has 0 N–H and O–H groups in total. The second-order valence-corrected chi connectivity index (χ2v) is 4.71. The van der Waals surface area contributed by atoms with Crippen LogP contribution in [0.5, 0.6) is 0 Å². The van der Waals surface area contributed by atoms with Crippen molar-refractivity contribution in [2.45, 2.75) is 19.9 Å². The number of halogens is 1. The van der Waals surface area contributed by atoms with E-state index in [9.17, 15) is 4.79 Å². The lowest BCUT2D eigenvalue weighted by molar-refractivity contribution is 0.511. The van der Waals surface area contributed by atoms with Crippen LogP contribution in [0.15, 0.2) is 39.9 Å². The predicted octanol–water partition coefficient (Wildman–Crippen LogP) is 2.38. The van der Waals surface area contributed by atoms with Crippen LogP contribution in [-0.4, -0.2) is 14.3 Å². The lowest BCUT2D eigenvalue weighted by Crippen LogP contribution is -2.25. The van der Waals surface area contributed by atoms with Crippen LogP contribution < -0.4 is 5.69 Å². The molecule has 84 valence electrons. The zero-order valence-electron chi connectivity index (χ0n) is 9.09. The van der Waals surface area contributed by atoms with Gasteiger partial charge in [0, 0.05) is 4.47 Å². The Bertz CT molecular complexity index is 539. The first-order valence-electron chi connectivity index (χ1n) is 5.01. The topological polar surface area (TPSA) is 39.8 Å². The Balaban J connectivity index is 2.49. The van der Waals surface area contributed by atoms with Crippen LogP contribution in [0.1, 0.15) is 19.9 Å². The zero-order chi connectivity index (χ0) is 11.7. The summed E-state index contributed by atoms with van der Waals surface area (Å²) in [6, 6.07) is 7.61. The van der Waals surface area contributed by atoms with Crippen LogP contribution in [0, 0.1) is 0 Å². The summed E-state index contributed by atoms with van der Waals surface area (Å²) in [4.78, 5) is 11.9. The molecule has 0 amide bonds. The fourth-order valence-electron chi connectivity index (χ4n) is 1.45. The lowest BCUT2D eigenvalue weighted by Gasteiger charge is -2.02. The highest BCUT2D eigenvalue weighted by atomic mass is 79.9. The predicted molar refractivity (Wildman–Crippen MR) is 65.9 cm³/mol. The molecule has 0 spiro atoms. The lowest BCUT2D eigenvalue weighted by atomic mass is 10.3. The smallest absolute Gasteiger partial charge is 0.250 e. The fourth-order valence-corrected chi connectivity index (χ4v) is 1.71. The minimum atomic E-state index is -0.114. The van der Waals surface area contributed by atoms with E-state index in [1.807, 2.05) is 38.1 Å². The molecule has 2 aromatic rings. The van der Waals surface area contributed by atoms with Crippen molar-refractivity contribution in [3.63, 3.8) is 0 Å². The maximum atomic E-state index is 11.9. The van der Waals surface area contributed by atoms with Crippen molar-refractivity contribution in [2.24, 2.45) is 0 Å². The summed E-state index contributed by atoms with van der Waals surface area (Å²) in [5, 5.41) is 4.07. The third-order valence-electron chi connectivity index (χ3n) is 2.29. The molecule has 0 saturated carbocycles. The van der Waals surface area contributed by atoms with Gasteiger partial charge in [0.05, 0.1) is 11.7 Å². The van der Waals surface area contributed by atoms with Gasteiger partial charge in [0.25, 0.3) is 0 Å². The normalized spacial score (nSPS) is 11.0.